The van der Waals surface area contributed by atoms with Crippen LogP contribution in [0.25, 0.3) is 32.9 Å². The number of aromatic nitrogens is 2. The second kappa shape index (κ2) is 6.44. The summed E-state index contributed by atoms with van der Waals surface area (Å²) in [6.07, 6.45) is 1.56. The van der Waals surface area contributed by atoms with Crippen molar-refractivity contribution in [3.8, 4) is 11.1 Å². The molecule has 0 bridgehead atoms. The molecule has 0 aliphatic carbocycles. The predicted molar refractivity (Wildman–Crippen MR) is 102 cm³/mol. The zero-order chi connectivity index (χ0) is 18.3. The van der Waals surface area contributed by atoms with Crippen LogP contribution in [-0.4, -0.2) is 28.2 Å². The maximum atomic E-state index is 11.6. The molecule has 0 aliphatic rings. The van der Waals surface area contributed by atoms with Crippen LogP contribution >= 0.6 is 11.6 Å². The van der Waals surface area contributed by atoms with Gasteiger partial charge < -0.3 is 14.8 Å². The van der Waals surface area contributed by atoms with Crippen LogP contribution in [0.3, 0.4) is 0 Å². The number of carbonyl (C=O) groups is 1. The largest absolute Gasteiger partial charge is 0.477 e. The highest BCUT2D eigenvalue weighted by molar-refractivity contribution is 6.30. The first kappa shape index (κ1) is 16.6. The van der Waals surface area contributed by atoms with E-state index in [1.54, 1.807) is 13.3 Å². The normalized spacial score (nSPS) is 11.3. The monoisotopic (exact) mass is 366 g/mol. The Labute approximate surface area is 154 Å². The second-order valence-corrected chi connectivity index (χ2v) is 6.44. The number of benzene rings is 2. The van der Waals surface area contributed by atoms with Crippen molar-refractivity contribution >= 4 is 39.4 Å². The van der Waals surface area contributed by atoms with Gasteiger partial charge in [0.05, 0.1) is 18.3 Å². The highest BCUT2D eigenvalue weighted by atomic mass is 35.5. The number of pyridine rings is 1. The molecule has 0 fully saturated rings. The number of nitrogens with zero attached hydrogens (tertiary/aromatic N) is 1. The number of aromatic carboxylic acids is 1. The summed E-state index contributed by atoms with van der Waals surface area (Å²) in [6.45, 7) is 0.171. The van der Waals surface area contributed by atoms with Gasteiger partial charge >= 0.3 is 5.97 Å². The lowest BCUT2D eigenvalue weighted by molar-refractivity contribution is 0.0685. The molecule has 2 aromatic carbocycles. The zero-order valence-corrected chi connectivity index (χ0v) is 14.7. The van der Waals surface area contributed by atoms with E-state index in [4.69, 9.17) is 16.3 Å². The lowest BCUT2D eigenvalue weighted by Crippen LogP contribution is -2.07. The minimum Gasteiger partial charge on any atom is -0.477 e. The first-order valence-electron chi connectivity index (χ1n) is 8.00. The number of halogens is 1. The van der Waals surface area contributed by atoms with E-state index in [0.717, 1.165) is 32.9 Å². The molecule has 26 heavy (non-hydrogen) atoms. The first-order chi connectivity index (χ1) is 12.6. The number of fused-ring (bicyclic) bond motifs is 3. The lowest BCUT2D eigenvalue weighted by atomic mass is 10.0. The zero-order valence-electron chi connectivity index (χ0n) is 13.9. The van der Waals surface area contributed by atoms with E-state index in [-0.39, 0.29) is 12.3 Å². The standard InChI is InChI=1S/C20H15ClN2O3/c1-26-10-15-18-14-8-12(11-2-5-13(21)6-3-11)4-7-16(14)23-17(18)9-22-19(15)20(24)25/h2-9,23H,10H2,1H3,(H,24,25). The Kier molecular flexibility index (Phi) is 4.11. The third-order valence-electron chi connectivity index (χ3n) is 4.41. The van der Waals surface area contributed by atoms with Crippen LogP contribution in [0.2, 0.25) is 5.02 Å². The minimum absolute atomic E-state index is 0.0112. The van der Waals surface area contributed by atoms with Gasteiger partial charge in [0, 0.05) is 34.0 Å². The quantitative estimate of drug-likeness (QED) is 0.539. The fraction of sp³-hybridized carbons (Fsp3) is 0.100. The number of carboxylic acids is 1. The summed E-state index contributed by atoms with van der Waals surface area (Å²) in [5.41, 5.74) is 4.33. The summed E-state index contributed by atoms with van der Waals surface area (Å²) in [4.78, 5) is 19.0. The van der Waals surface area contributed by atoms with Crippen molar-refractivity contribution in [2.75, 3.05) is 7.11 Å². The van der Waals surface area contributed by atoms with Gasteiger partial charge in [-0.3, -0.25) is 0 Å². The Hall–Kier alpha value is -2.89. The number of carboxylic acid groups (broad SMARTS) is 1. The molecule has 0 amide bonds. The van der Waals surface area contributed by atoms with Crippen molar-refractivity contribution in [1.29, 1.82) is 0 Å². The molecule has 0 spiro atoms. The number of H-pyrrole nitrogens is 1. The Morgan fingerprint density at radius 2 is 1.88 bits per heavy atom. The van der Waals surface area contributed by atoms with Crippen LogP contribution in [0.4, 0.5) is 0 Å². The first-order valence-corrected chi connectivity index (χ1v) is 8.38. The topological polar surface area (TPSA) is 75.2 Å². The van der Waals surface area contributed by atoms with Crippen molar-refractivity contribution in [3.63, 3.8) is 0 Å². The maximum Gasteiger partial charge on any atom is 0.354 e. The molecule has 0 unspecified atom stereocenters. The summed E-state index contributed by atoms with van der Waals surface area (Å²) in [6, 6.07) is 13.6. The Bertz CT molecular complexity index is 1130. The smallest absolute Gasteiger partial charge is 0.354 e. The third-order valence-corrected chi connectivity index (χ3v) is 4.66. The van der Waals surface area contributed by atoms with Gasteiger partial charge in [0.25, 0.3) is 0 Å². The highest BCUT2D eigenvalue weighted by Gasteiger charge is 2.18. The molecule has 6 heteroatoms. The average Bonchev–Trinajstić information content (AvgIpc) is 3.00. The van der Waals surface area contributed by atoms with Crippen LogP contribution in [0.1, 0.15) is 16.1 Å². The van der Waals surface area contributed by atoms with Crippen molar-refractivity contribution in [2.24, 2.45) is 0 Å². The van der Waals surface area contributed by atoms with Gasteiger partial charge in [-0.15, -0.1) is 0 Å². The molecule has 2 N–H and O–H groups in total. The van der Waals surface area contributed by atoms with E-state index in [2.05, 4.69) is 9.97 Å². The molecular weight excluding hydrogens is 352 g/mol. The van der Waals surface area contributed by atoms with Crippen molar-refractivity contribution in [3.05, 3.63) is 64.9 Å². The summed E-state index contributed by atoms with van der Waals surface area (Å²) in [7, 11) is 1.54. The number of hydrogen-bond acceptors (Lipinski definition) is 3. The molecule has 4 rings (SSSR count). The van der Waals surface area contributed by atoms with Gasteiger partial charge in [0.1, 0.15) is 0 Å². The van der Waals surface area contributed by atoms with E-state index < -0.39 is 5.97 Å². The summed E-state index contributed by atoms with van der Waals surface area (Å²) in [5, 5.41) is 11.9. The molecule has 2 aromatic heterocycles. The van der Waals surface area contributed by atoms with Crippen LogP contribution < -0.4 is 0 Å². The van der Waals surface area contributed by atoms with Gasteiger partial charge in [-0.2, -0.15) is 0 Å². The average molecular weight is 367 g/mol. The van der Waals surface area contributed by atoms with Gasteiger partial charge in [-0.05, 0) is 35.4 Å². The van der Waals surface area contributed by atoms with E-state index in [0.29, 0.717) is 10.6 Å². The van der Waals surface area contributed by atoms with E-state index in [1.165, 1.54) is 0 Å². The van der Waals surface area contributed by atoms with Gasteiger partial charge in [0.2, 0.25) is 0 Å². The third kappa shape index (κ3) is 2.71. The molecule has 2 heterocycles. The number of nitrogens with one attached hydrogen (secondary N) is 1. The molecule has 4 aromatic rings. The molecule has 130 valence electrons. The molecule has 0 saturated heterocycles. The summed E-state index contributed by atoms with van der Waals surface area (Å²) < 4.78 is 5.24. The molecule has 0 saturated carbocycles. The number of ether oxygens (including phenoxy) is 1. The number of hydrogen-bond donors (Lipinski definition) is 2. The van der Waals surface area contributed by atoms with Crippen LogP contribution in [0, 0.1) is 0 Å². The summed E-state index contributed by atoms with van der Waals surface area (Å²) >= 11 is 5.98. The lowest BCUT2D eigenvalue weighted by Gasteiger charge is -2.07. The van der Waals surface area contributed by atoms with E-state index >= 15 is 0 Å². The molecular formula is C20H15ClN2O3. The van der Waals surface area contributed by atoms with Crippen LogP contribution in [-0.2, 0) is 11.3 Å². The van der Waals surface area contributed by atoms with E-state index in [1.807, 2.05) is 42.5 Å². The Balaban J connectivity index is 2.01. The van der Waals surface area contributed by atoms with Crippen LogP contribution in [0.5, 0.6) is 0 Å². The molecule has 5 nitrogen and oxygen atoms in total. The SMILES string of the molecule is COCc1c(C(=O)O)ncc2[nH]c3ccc(-c4ccc(Cl)cc4)cc3c12. The number of aromatic amines is 1. The molecule has 0 aliphatic heterocycles. The number of methoxy groups -OCH3 is 1. The summed E-state index contributed by atoms with van der Waals surface area (Å²) in [5.74, 6) is -1.07. The fourth-order valence-corrected chi connectivity index (χ4v) is 3.38. The predicted octanol–water partition coefficient (Wildman–Crippen LogP) is 4.88. The molecule has 0 atom stereocenters. The second-order valence-electron chi connectivity index (χ2n) is 6.00. The van der Waals surface area contributed by atoms with Crippen molar-refractivity contribution < 1.29 is 14.6 Å². The van der Waals surface area contributed by atoms with Gasteiger partial charge in [-0.1, -0.05) is 29.8 Å². The van der Waals surface area contributed by atoms with Gasteiger partial charge in [-0.25, -0.2) is 9.78 Å². The van der Waals surface area contributed by atoms with Crippen molar-refractivity contribution in [1.82, 2.24) is 9.97 Å². The minimum atomic E-state index is -1.07. The van der Waals surface area contributed by atoms with Crippen LogP contribution in [0.15, 0.2) is 48.7 Å². The fourth-order valence-electron chi connectivity index (χ4n) is 3.25. The van der Waals surface area contributed by atoms with Gasteiger partial charge in [0.15, 0.2) is 5.69 Å². The molecule has 0 radical (unpaired) electrons. The van der Waals surface area contributed by atoms with E-state index in [9.17, 15) is 9.90 Å². The maximum absolute atomic E-state index is 11.6. The number of rotatable bonds is 4. The Morgan fingerprint density at radius 1 is 1.15 bits per heavy atom. The Morgan fingerprint density at radius 3 is 2.58 bits per heavy atom. The highest BCUT2D eigenvalue weighted by Crippen LogP contribution is 2.33. The van der Waals surface area contributed by atoms with Crippen molar-refractivity contribution in [2.45, 2.75) is 6.61 Å².